The molecule has 8 heteroatoms. The smallest absolute Gasteiger partial charge is 0.341 e. The Morgan fingerprint density at radius 1 is 1.38 bits per heavy atom. The highest BCUT2D eigenvalue weighted by atomic mass is 35.5. The molecule has 26 heavy (non-hydrogen) atoms. The minimum Gasteiger partial charge on any atom is -0.462 e. The van der Waals surface area contributed by atoms with Gasteiger partial charge in [-0.3, -0.25) is 9.48 Å². The van der Waals surface area contributed by atoms with Crippen LogP contribution in [-0.2, 0) is 28.9 Å². The van der Waals surface area contributed by atoms with Gasteiger partial charge in [0.05, 0.1) is 29.1 Å². The zero-order valence-electron chi connectivity index (χ0n) is 14.9. The number of aromatic nitrogens is 2. The van der Waals surface area contributed by atoms with Gasteiger partial charge in [-0.15, -0.1) is 11.3 Å². The van der Waals surface area contributed by atoms with Crippen molar-refractivity contribution in [3.8, 4) is 0 Å². The third kappa shape index (κ3) is 3.94. The van der Waals surface area contributed by atoms with Gasteiger partial charge in [-0.05, 0) is 44.6 Å². The lowest BCUT2D eigenvalue weighted by molar-refractivity contribution is -0.116. The van der Waals surface area contributed by atoms with Gasteiger partial charge >= 0.3 is 5.97 Å². The molecule has 0 saturated heterocycles. The SMILES string of the molecule is CCCOC(=O)c1c(NC(=O)Cn2ncc(Cl)c2C)sc2c1CCCC2. The summed E-state index contributed by atoms with van der Waals surface area (Å²) in [6, 6.07) is 0. The van der Waals surface area contributed by atoms with Crippen molar-refractivity contribution >= 4 is 39.8 Å². The topological polar surface area (TPSA) is 73.2 Å². The van der Waals surface area contributed by atoms with Crippen LogP contribution in [0.3, 0.4) is 0 Å². The maximum absolute atomic E-state index is 12.6. The number of nitrogens with one attached hydrogen (secondary N) is 1. The number of aryl methyl sites for hydroxylation is 1. The summed E-state index contributed by atoms with van der Waals surface area (Å²) in [7, 11) is 0. The second-order valence-corrected chi connectivity index (χ2v) is 7.85. The number of rotatable bonds is 6. The Kier molecular flexibility index (Phi) is 5.98. The highest BCUT2D eigenvalue weighted by Gasteiger charge is 2.27. The summed E-state index contributed by atoms with van der Waals surface area (Å²) in [6.07, 6.45) is 6.23. The molecule has 1 amide bonds. The molecule has 0 unspecified atom stereocenters. The number of esters is 1. The molecule has 2 aromatic heterocycles. The molecule has 140 valence electrons. The Hall–Kier alpha value is -1.86. The zero-order chi connectivity index (χ0) is 18.7. The van der Waals surface area contributed by atoms with E-state index in [4.69, 9.17) is 16.3 Å². The van der Waals surface area contributed by atoms with Gasteiger partial charge in [0.25, 0.3) is 0 Å². The second-order valence-electron chi connectivity index (χ2n) is 6.33. The van der Waals surface area contributed by atoms with Gasteiger partial charge in [0.2, 0.25) is 5.91 Å². The summed E-state index contributed by atoms with van der Waals surface area (Å²) in [5.41, 5.74) is 2.30. The minimum atomic E-state index is -0.347. The molecule has 0 aromatic carbocycles. The Morgan fingerprint density at radius 3 is 2.85 bits per heavy atom. The summed E-state index contributed by atoms with van der Waals surface area (Å²) in [4.78, 5) is 26.2. The largest absolute Gasteiger partial charge is 0.462 e. The minimum absolute atomic E-state index is 0.0462. The number of hydrogen-bond acceptors (Lipinski definition) is 5. The first-order valence-electron chi connectivity index (χ1n) is 8.80. The first kappa shape index (κ1) is 18.9. The number of anilines is 1. The van der Waals surface area contributed by atoms with Crippen LogP contribution < -0.4 is 5.32 Å². The van der Waals surface area contributed by atoms with Crippen molar-refractivity contribution in [3.63, 3.8) is 0 Å². The second kappa shape index (κ2) is 8.22. The lowest BCUT2D eigenvalue weighted by Gasteiger charge is -2.12. The number of amides is 1. The number of halogens is 1. The Bertz CT molecular complexity index is 828. The molecule has 1 N–H and O–H groups in total. The molecule has 2 aromatic rings. The standard InChI is InChI=1S/C18H22ClN3O3S/c1-3-8-25-18(24)16-12-6-4-5-7-14(12)26-17(16)21-15(23)10-22-11(2)13(19)9-20-22/h9H,3-8,10H2,1-2H3,(H,21,23). The fourth-order valence-electron chi connectivity index (χ4n) is 3.02. The van der Waals surface area contributed by atoms with Crippen molar-refractivity contribution in [3.05, 3.63) is 32.9 Å². The van der Waals surface area contributed by atoms with Gasteiger partial charge in [0.15, 0.2) is 0 Å². The summed E-state index contributed by atoms with van der Waals surface area (Å²) >= 11 is 7.47. The predicted octanol–water partition coefficient (Wildman–Crippen LogP) is 3.99. The molecule has 0 atom stereocenters. The van der Waals surface area contributed by atoms with Crippen molar-refractivity contribution < 1.29 is 14.3 Å². The molecule has 0 fully saturated rings. The molecular formula is C18H22ClN3O3S. The van der Waals surface area contributed by atoms with Crippen molar-refractivity contribution in [2.75, 3.05) is 11.9 Å². The van der Waals surface area contributed by atoms with E-state index in [1.54, 1.807) is 11.6 Å². The van der Waals surface area contributed by atoms with Gasteiger partial charge in [-0.1, -0.05) is 18.5 Å². The monoisotopic (exact) mass is 395 g/mol. The van der Waals surface area contributed by atoms with E-state index in [1.807, 2.05) is 6.92 Å². The fraction of sp³-hybridized carbons (Fsp3) is 0.500. The van der Waals surface area contributed by atoms with Crippen molar-refractivity contribution in [1.29, 1.82) is 0 Å². The lowest BCUT2D eigenvalue weighted by atomic mass is 9.95. The van der Waals surface area contributed by atoms with Crippen LogP contribution in [0, 0.1) is 6.92 Å². The van der Waals surface area contributed by atoms with Crippen LogP contribution in [0.1, 0.15) is 52.7 Å². The Labute approximate surface area is 161 Å². The number of fused-ring (bicyclic) bond motifs is 1. The normalized spacial score (nSPS) is 13.3. The first-order chi connectivity index (χ1) is 12.5. The molecule has 6 nitrogen and oxygen atoms in total. The van der Waals surface area contributed by atoms with Crippen LogP contribution in [0.4, 0.5) is 5.00 Å². The van der Waals surface area contributed by atoms with E-state index < -0.39 is 0 Å². The van der Waals surface area contributed by atoms with Crippen LogP contribution in [0.5, 0.6) is 0 Å². The maximum Gasteiger partial charge on any atom is 0.341 e. The maximum atomic E-state index is 12.6. The zero-order valence-corrected chi connectivity index (χ0v) is 16.5. The average Bonchev–Trinajstić information content (AvgIpc) is 3.14. The van der Waals surface area contributed by atoms with Crippen LogP contribution >= 0.6 is 22.9 Å². The molecule has 3 rings (SSSR count). The number of hydrogen-bond donors (Lipinski definition) is 1. The van der Waals surface area contributed by atoms with Gasteiger partial charge in [0.1, 0.15) is 11.5 Å². The Balaban J connectivity index is 1.82. The summed E-state index contributed by atoms with van der Waals surface area (Å²) in [5.74, 6) is -0.587. The number of carbonyl (C=O) groups excluding carboxylic acids is 2. The van der Waals surface area contributed by atoms with E-state index in [-0.39, 0.29) is 18.4 Å². The molecule has 0 saturated carbocycles. The highest BCUT2D eigenvalue weighted by molar-refractivity contribution is 7.17. The predicted molar refractivity (Wildman–Crippen MR) is 102 cm³/mol. The lowest BCUT2D eigenvalue weighted by Crippen LogP contribution is -2.21. The molecule has 0 radical (unpaired) electrons. The quantitative estimate of drug-likeness (QED) is 0.750. The molecule has 1 aliphatic rings. The first-order valence-corrected chi connectivity index (χ1v) is 10.00. The van der Waals surface area contributed by atoms with Crippen LogP contribution in [0.15, 0.2) is 6.20 Å². The Morgan fingerprint density at radius 2 is 2.15 bits per heavy atom. The number of ether oxygens (including phenoxy) is 1. The van der Waals surface area contributed by atoms with E-state index in [1.165, 1.54) is 22.4 Å². The van der Waals surface area contributed by atoms with E-state index >= 15 is 0 Å². The van der Waals surface area contributed by atoms with Crippen LogP contribution in [0.25, 0.3) is 0 Å². The van der Waals surface area contributed by atoms with Gasteiger partial charge < -0.3 is 10.1 Å². The third-order valence-electron chi connectivity index (χ3n) is 4.40. The molecule has 0 bridgehead atoms. The summed E-state index contributed by atoms with van der Waals surface area (Å²) in [5, 5.41) is 8.08. The van der Waals surface area contributed by atoms with Crippen molar-refractivity contribution in [2.45, 2.75) is 52.5 Å². The summed E-state index contributed by atoms with van der Waals surface area (Å²) < 4.78 is 6.89. The number of thiophene rings is 1. The average molecular weight is 396 g/mol. The van der Waals surface area contributed by atoms with Gasteiger partial charge in [-0.2, -0.15) is 5.10 Å². The molecule has 2 heterocycles. The molecule has 1 aliphatic carbocycles. The molecule has 0 aliphatic heterocycles. The van der Waals surface area contributed by atoms with E-state index in [9.17, 15) is 9.59 Å². The summed E-state index contributed by atoms with van der Waals surface area (Å²) in [6.45, 7) is 4.18. The van der Waals surface area contributed by atoms with Crippen LogP contribution in [0.2, 0.25) is 5.02 Å². The van der Waals surface area contributed by atoms with Crippen molar-refractivity contribution in [1.82, 2.24) is 9.78 Å². The van der Waals surface area contributed by atoms with E-state index in [0.29, 0.717) is 22.2 Å². The fourth-order valence-corrected chi connectivity index (χ4v) is 4.46. The van der Waals surface area contributed by atoms with Gasteiger partial charge in [-0.25, -0.2) is 4.79 Å². The van der Waals surface area contributed by atoms with E-state index in [0.717, 1.165) is 43.4 Å². The van der Waals surface area contributed by atoms with Gasteiger partial charge in [0, 0.05) is 4.88 Å². The molecular weight excluding hydrogens is 374 g/mol. The number of carbonyl (C=O) groups is 2. The van der Waals surface area contributed by atoms with Crippen molar-refractivity contribution in [2.24, 2.45) is 0 Å². The third-order valence-corrected chi connectivity index (χ3v) is 5.98. The number of nitrogens with zero attached hydrogens (tertiary/aromatic N) is 2. The van der Waals surface area contributed by atoms with E-state index in [2.05, 4.69) is 10.4 Å². The highest BCUT2D eigenvalue weighted by Crippen LogP contribution is 2.38. The molecule has 0 spiro atoms. The van der Waals surface area contributed by atoms with Crippen LogP contribution in [-0.4, -0.2) is 28.3 Å².